The monoisotopic (exact) mass is 511 g/mol. The average Bonchev–Trinajstić information content (AvgIpc) is 2.91. The van der Waals surface area contributed by atoms with Crippen LogP contribution in [0.25, 0.3) is 0 Å². The van der Waals surface area contributed by atoms with E-state index in [1.165, 1.54) is 55.7 Å². The van der Waals surface area contributed by atoms with Crippen molar-refractivity contribution in [3.05, 3.63) is 101 Å². The van der Waals surface area contributed by atoms with Crippen LogP contribution in [-0.2, 0) is 16.1 Å². The predicted octanol–water partition coefficient (Wildman–Crippen LogP) is 7.24. The molecule has 3 aromatic carbocycles. The maximum atomic E-state index is 13.7. The number of alkyl halides is 3. The Balaban J connectivity index is 1.69. The molecular weight excluding hydrogens is 483 g/mol. The lowest BCUT2D eigenvalue weighted by Gasteiger charge is -2.28. The number of benzene rings is 3. The van der Waals surface area contributed by atoms with Gasteiger partial charge in [-0.25, -0.2) is 4.79 Å². The van der Waals surface area contributed by atoms with Crippen molar-refractivity contribution in [2.24, 2.45) is 0 Å². The SMILES string of the molecule is O=C(O)c1ccc(CC(C(=O)N(OC(F)(F)F)c2ccccc2)c2ccc(C3CCCCC3)cc2)cc1. The fourth-order valence-electron chi connectivity index (χ4n) is 4.84. The van der Waals surface area contributed by atoms with E-state index in [-0.39, 0.29) is 17.7 Å². The number of para-hydroxylation sites is 1. The molecule has 8 heteroatoms. The Kier molecular flexibility index (Phi) is 8.28. The number of carboxylic acids is 1. The van der Waals surface area contributed by atoms with Gasteiger partial charge in [0.2, 0.25) is 0 Å². The minimum atomic E-state index is -5.08. The molecule has 4 rings (SSSR count). The van der Waals surface area contributed by atoms with Crippen LogP contribution in [0.4, 0.5) is 18.9 Å². The van der Waals surface area contributed by atoms with Crippen LogP contribution < -0.4 is 5.06 Å². The summed E-state index contributed by atoms with van der Waals surface area (Å²) in [6, 6.07) is 20.9. The van der Waals surface area contributed by atoms with E-state index in [2.05, 4.69) is 4.84 Å². The molecule has 1 amide bonds. The molecule has 5 nitrogen and oxygen atoms in total. The molecule has 1 aliphatic rings. The highest BCUT2D eigenvalue weighted by Crippen LogP contribution is 2.35. The molecule has 0 aliphatic heterocycles. The van der Waals surface area contributed by atoms with Gasteiger partial charge in [0.25, 0.3) is 5.91 Å². The molecule has 37 heavy (non-hydrogen) atoms. The standard InChI is InChI=1S/C29H28F3NO4/c30-29(31,32)37-33(25-9-5-2-6-10-25)27(34)26(19-20-11-13-24(14-12-20)28(35)36)23-17-15-22(16-18-23)21-7-3-1-4-8-21/h2,5-6,9-18,21,26H,1,3-4,7-8,19H2,(H,35,36). The summed E-state index contributed by atoms with van der Waals surface area (Å²) in [6.07, 6.45) is 0.732. The fraction of sp³-hybridized carbons (Fsp3) is 0.310. The second-order valence-corrected chi connectivity index (χ2v) is 9.27. The molecular formula is C29H28F3NO4. The minimum absolute atomic E-state index is 0.0464. The van der Waals surface area contributed by atoms with Gasteiger partial charge < -0.3 is 5.11 Å². The van der Waals surface area contributed by atoms with Crippen LogP contribution in [0, 0.1) is 0 Å². The predicted molar refractivity (Wildman–Crippen MR) is 133 cm³/mol. The molecule has 1 aliphatic carbocycles. The van der Waals surface area contributed by atoms with Crippen molar-refractivity contribution in [3.63, 3.8) is 0 Å². The lowest BCUT2D eigenvalue weighted by atomic mass is 9.83. The van der Waals surface area contributed by atoms with Crippen LogP contribution in [0.1, 0.15) is 71.0 Å². The lowest BCUT2D eigenvalue weighted by molar-refractivity contribution is -0.327. The van der Waals surface area contributed by atoms with Crippen LogP contribution in [0.15, 0.2) is 78.9 Å². The summed E-state index contributed by atoms with van der Waals surface area (Å²) >= 11 is 0. The molecule has 194 valence electrons. The molecule has 1 fully saturated rings. The number of carbonyl (C=O) groups excluding carboxylic acids is 1. The Labute approximate surface area is 213 Å². The summed E-state index contributed by atoms with van der Waals surface area (Å²) in [7, 11) is 0. The Hall–Kier alpha value is -3.65. The third-order valence-electron chi connectivity index (χ3n) is 6.74. The summed E-state index contributed by atoms with van der Waals surface area (Å²) in [4.78, 5) is 29.1. The van der Waals surface area contributed by atoms with E-state index in [9.17, 15) is 27.9 Å². The summed E-state index contributed by atoms with van der Waals surface area (Å²) in [6.45, 7) is 0. The first kappa shape index (κ1) is 26.4. The quantitative estimate of drug-likeness (QED) is 0.324. The number of halogens is 3. The van der Waals surface area contributed by atoms with E-state index in [1.807, 2.05) is 12.1 Å². The summed E-state index contributed by atoms with van der Waals surface area (Å²) in [5, 5.41) is 9.48. The number of carboxylic acid groups (broad SMARTS) is 1. The number of carbonyl (C=O) groups is 2. The van der Waals surface area contributed by atoms with Gasteiger partial charge in [0, 0.05) is 0 Å². The van der Waals surface area contributed by atoms with Crippen molar-refractivity contribution in [2.75, 3.05) is 5.06 Å². The molecule has 0 bridgehead atoms. The first-order chi connectivity index (χ1) is 17.7. The molecule has 0 saturated heterocycles. The zero-order valence-corrected chi connectivity index (χ0v) is 20.2. The number of amides is 1. The van der Waals surface area contributed by atoms with Gasteiger partial charge in [0.05, 0.1) is 17.2 Å². The molecule has 0 heterocycles. The van der Waals surface area contributed by atoms with Gasteiger partial charge in [-0.2, -0.15) is 9.90 Å². The highest BCUT2D eigenvalue weighted by molar-refractivity contribution is 5.96. The molecule has 1 unspecified atom stereocenters. The summed E-state index contributed by atoms with van der Waals surface area (Å²) < 4.78 is 40.1. The van der Waals surface area contributed by atoms with Crippen molar-refractivity contribution in [1.82, 2.24) is 0 Å². The number of hydrogen-bond donors (Lipinski definition) is 1. The molecule has 1 saturated carbocycles. The molecule has 0 aromatic heterocycles. The average molecular weight is 512 g/mol. The number of hydrogen-bond acceptors (Lipinski definition) is 3. The van der Waals surface area contributed by atoms with Crippen LogP contribution in [-0.4, -0.2) is 23.3 Å². The number of rotatable bonds is 8. The zero-order chi connectivity index (χ0) is 26.4. The van der Waals surface area contributed by atoms with Gasteiger partial charge in [0.1, 0.15) is 0 Å². The highest BCUT2D eigenvalue weighted by Gasteiger charge is 2.39. The van der Waals surface area contributed by atoms with Crippen LogP contribution in [0.3, 0.4) is 0 Å². The summed E-state index contributed by atoms with van der Waals surface area (Å²) in [5.74, 6) is -2.53. The molecule has 0 spiro atoms. The van der Waals surface area contributed by atoms with Crippen molar-refractivity contribution in [3.8, 4) is 0 Å². The molecule has 3 aromatic rings. The Morgan fingerprint density at radius 1 is 0.892 bits per heavy atom. The van der Waals surface area contributed by atoms with E-state index in [1.54, 1.807) is 30.3 Å². The molecule has 0 radical (unpaired) electrons. The fourth-order valence-corrected chi connectivity index (χ4v) is 4.84. The van der Waals surface area contributed by atoms with Gasteiger partial charge in [0.15, 0.2) is 0 Å². The van der Waals surface area contributed by atoms with Crippen LogP contribution in [0.5, 0.6) is 0 Å². The van der Waals surface area contributed by atoms with Crippen molar-refractivity contribution in [2.45, 2.75) is 56.7 Å². The van der Waals surface area contributed by atoms with E-state index < -0.39 is 24.2 Å². The third-order valence-corrected chi connectivity index (χ3v) is 6.74. The van der Waals surface area contributed by atoms with Crippen molar-refractivity contribution < 1.29 is 32.7 Å². The van der Waals surface area contributed by atoms with Gasteiger partial charge >= 0.3 is 12.3 Å². The topological polar surface area (TPSA) is 66.8 Å². The van der Waals surface area contributed by atoms with Crippen molar-refractivity contribution in [1.29, 1.82) is 0 Å². The van der Waals surface area contributed by atoms with Gasteiger partial charge in [-0.15, -0.1) is 13.2 Å². The number of nitrogens with zero attached hydrogens (tertiary/aromatic N) is 1. The number of hydroxylamine groups is 1. The maximum Gasteiger partial charge on any atom is 0.544 e. The van der Waals surface area contributed by atoms with Crippen LogP contribution in [0.2, 0.25) is 0 Å². The van der Waals surface area contributed by atoms with Crippen LogP contribution >= 0.6 is 0 Å². The van der Waals surface area contributed by atoms with Gasteiger partial charge in [-0.3, -0.25) is 4.79 Å². The smallest absolute Gasteiger partial charge is 0.478 e. The lowest BCUT2D eigenvalue weighted by Crippen LogP contribution is -2.40. The molecule has 1 N–H and O–H groups in total. The second-order valence-electron chi connectivity index (χ2n) is 9.27. The Morgan fingerprint density at radius 3 is 2.08 bits per heavy atom. The number of anilines is 1. The molecule has 1 atom stereocenters. The van der Waals surface area contributed by atoms with E-state index in [4.69, 9.17) is 0 Å². The second kappa shape index (κ2) is 11.6. The number of aromatic carboxylic acids is 1. The first-order valence-electron chi connectivity index (χ1n) is 12.3. The Morgan fingerprint density at radius 2 is 1.51 bits per heavy atom. The highest BCUT2D eigenvalue weighted by atomic mass is 19.4. The Bertz CT molecular complexity index is 1190. The van der Waals surface area contributed by atoms with E-state index in [0.29, 0.717) is 22.1 Å². The maximum absolute atomic E-state index is 13.7. The largest absolute Gasteiger partial charge is 0.544 e. The summed E-state index contributed by atoms with van der Waals surface area (Å²) in [5.41, 5.74) is 2.36. The van der Waals surface area contributed by atoms with Gasteiger partial charge in [-0.1, -0.05) is 73.9 Å². The third kappa shape index (κ3) is 6.98. The van der Waals surface area contributed by atoms with Gasteiger partial charge in [-0.05, 0) is 66.1 Å². The van der Waals surface area contributed by atoms with E-state index >= 15 is 0 Å². The van der Waals surface area contributed by atoms with E-state index in [0.717, 1.165) is 18.4 Å². The first-order valence-corrected chi connectivity index (χ1v) is 12.3. The zero-order valence-electron chi connectivity index (χ0n) is 20.2. The minimum Gasteiger partial charge on any atom is -0.478 e. The van der Waals surface area contributed by atoms with Crippen molar-refractivity contribution >= 4 is 17.6 Å². The normalized spacial score (nSPS) is 15.2.